The Morgan fingerprint density at radius 2 is 1.96 bits per heavy atom. The van der Waals surface area contributed by atoms with E-state index in [1.807, 2.05) is 42.5 Å². The second-order valence-corrected chi connectivity index (χ2v) is 5.25. The second-order valence-electron chi connectivity index (χ2n) is 5.25. The Morgan fingerprint density at radius 3 is 2.65 bits per heavy atom. The number of carbonyl (C=O) groups excluding carboxylic acids is 2. The van der Waals surface area contributed by atoms with Crippen molar-refractivity contribution in [2.24, 2.45) is 5.73 Å². The number of hydrogen-bond donors (Lipinski definition) is 1. The van der Waals surface area contributed by atoms with Crippen LogP contribution in [0.5, 0.6) is 5.75 Å². The lowest BCUT2D eigenvalue weighted by molar-refractivity contribution is -0.118. The Bertz CT molecular complexity index is 853. The number of hydrogen-bond acceptors (Lipinski definition) is 3. The van der Waals surface area contributed by atoms with Crippen molar-refractivity contribution < 1.29 is 14.3 Å². The Balaban J connectivity index is 1.89. The van der Waals surface area contributed by atoms with Crippen LogP contribution in [0, 0.1) is 0 Å². The van der Waals surface area contributed by atoms with Gasteiger partial charge in [0, 0.05) is 22.7 Å². The van der Waals surface area contributed by atoms with Crippen molar-refractivity contribution in [3.8, 4) is 5.75 Å². The smallest absolute Gasteiger partial charge is 0.237 e. The van der Waals surface area contributed by atoms with Crippen LogP contribution in [-0.4, -0.2) is 16.8 Å². The molecule has 3 aromatic rings. The first kappa shape index (κ1) is 14.8. The average molecular weight is 308 g/mol. The largest absolute Gasteiger partial charge is 0.489 e. The summed E-state index contributed by atoms with van der Waals surface area (Å²) in [6.07, 6.45) is 2.39. The van der Waals surface area contributed by atoms with Crippen molar-refractivity contribution >= 4 is 23.1 Å². The van der Waals surface area contributed by atoms with Gasteiger partial charge in [0.05, 0.1) is 0 Å². The van der Waals surface area contributed by atoms with Gasteiger partial charge in [0.1, 0.15) is 18.9 Å². The molecule has 0 aliphatic carbocycles. The molecule has 0 bridgehead atoms. The Hall–Kier alpha value is -3.08. The third-order valence-corrected chi connectivity index (χ3v) is 3.58. The summed E-state index contributed by atoms with van der Waals surface area (Å²) in [6.45, 7) is 0.485. The molecule has 116 valence electrons. The highest BCUT2D eigenvalue weighted by Crippen LogP contribution is 2.26. The summed E-state index contributed by atoms with van der Waals surface area (Å²) in [4.78, 5) is 22.4. The summed E-state index contributed by atoms with van der Waals surface area (Å²) < 4.78 is 7.44. The monoisotopic (exact) mass is 308 g/mol. The normalized spacial score (nSPS) is 10.6. The molecule has 0 fully saturated rings. The molecule has 5 nitrogen and oxygen atoms in total. The van der Waals surface area contributed by atoms with E-state index in [9.17, 15) is 9.59 Å². The maximum Gasteiger partial charge on any atom is 0.237 e. The molecule has 1 amide bonds. The number of carbonyl (C=O) groups is 2. The molecular formula is C18H16N2O3. The van der Waals surface area contributed by atoms with Crippen LogP contribution >= 0.6 is 0 Å². The van der Waals surface area contributed by atoms with Crippen LogP contribution in [0.2, 0.25) is 0 Å². The van der Waals surface area contributed by atoms with Gasteiger partial charge < -0.3 is 15.0 Å². The predicted molar refractivity (Wildman–Crippen MR) is 87.3 cm³/mol. The molecule has 2 aromatic carbocycles. The van der Waals surface area contributed by atoms with E-state index in [1.165, 1.54) is 0 Å². The number of ether oxygens (including phenoxy) is 1. The summed E-state index contributed by atoms with van der Waals surface area (Å²) >= 11 is 0. The zero-order valence-electron chi connectivity index (χ0n) is 12.4. The number of nitrogens with two attached hydrogens (primary N) is 1. The lowest BCUT2D eigenvalue weighted by Crippen LogP contribution is -2.17. The fourth-order valence-corrected chi connectivity index (χ4v) is 2.53. The van der Waals surface area contributed by atoms with Crippen molar-refractivity contribution in [1.29, 1.82) is 0 Å². The Kier molecular flexibility index (Phi) is 4.10. The SMILES string of the molecule is NC(=O)Cn1cc(C=O)c2cc(OCc3ccccc3)ccc21. The maximum absolute atomic E-state index is 11.2. The molecule has 0 aliphatic heterocycles. The van der Waals surface area contributed by atoms with Gasteiger partial charge in [0.15, 0.2) is 6.29 Å². The minimum absolute atomic E-state index is 0.0363. The van der Waals surface area contributed by atoms with Gasteiger partial charge in [-0.1, -0.05) is 30.3 Å². The fraction of sp³-hybridized carbons (Fsp3) is 0.111. The summed E-state index contributed by atoms with van der Waals surface area (Å²) in [5, 5.41) is 0.742. The van der Waals surface area contributed by atoms with Crippen LogP contribution < -0.4 is 10.5 Å². The molecular weight excluding hydrogens is 292 g/mol. The van der Waals surface area contributed by atoms with Crippen molar-refractivity contribution in [2.45, 2.75) is 13.2 Å². The molecule has 5 heteroatoms. The van der Waals surface area contributed by atoms with Gasteiger partial charge in [0.25, 0.3) is 0 Å². The lowest BCUT2D eigenvalue weighted by atomic mass is 10.2. The minimum atomic E-state index is -0.455. The second kappa shape index (κ2) is 6.36. The maximum atomic E-state index is 11.2. The predicted octanol–water partition coefficient (Wildman–Crippen LogP) is 2.52. The molecule has 0 saturated heterocycles. The molecule has 1 heterocycles. The van der Waals surface area contributed by atoms with E-state index in [4.69, 9.17) is 10.5 Å². The summed E-state index contributed by atoms with van der Waals surface area (Å²) in [5.41, 5.74) is 7.58. The van der Waals surface area contributed by atoms with E-state index >= 15 is 0 Å². The molecule has 0 radical (unpaired) electrons. The molecule has 0 unspecified atom stereocenters. The lowest BCUT2D eigenvalue weighted by Gasteiger charge is -2.07. The van der Waals surface area contributed by atoms with Gasteiger partial charge in [0.2, 0.25) is 5.91 Å². The van der Waals surface area contributed by atoms with Crippen LogP contribution in [0.15, 0.2) is 54.7 Å². The minimum Gasteiger partial charge on any atom is -0.489 e. The summed E-state index contributed by atoms with van der Waals surface area (Å²) in [6, 6.07) is 15.3. The Labute approximate surface area is 133 Å². The van der Waals surface area contributed by atoms with E-state index in [1.54, 1.807) is 16.8 Å². The van der Waals surface area contributed by atoms with Crippen LogP contribution in [0.25, 0.3) is 10.9 Å². The molecule has 2 N–H and O–H groups in total. The van der Waals surface area contributed by atoms with Gasteiger partial charge in [-0.25, -0.2) is 0 Å². The quantitative estimate of drug-likeness (QED) is 0.711. The van der Waals surface area contributed by atoms with E-state index in [2.05, 4.69) is 0 Å². The highest BCUT2D eigenvalue weighted by Gasteiger charge is 2.10. The number of rotatable bonds is 6. The van der Waals surface area contributed by atoms with Gasteiger partial charge >= 0.3 is 0 Å². The number of aromatic nitrogens is 1. The third-order valence-electron chi connectivity index (χ3n) is 3.58. The Morgan fingerprint density at radius 1 is 1.17 bits per heavy atom. The molecule has 3 rings (SSSR count). The van der Waals surface area contributed by atoms with E-state index < -0.39 is 5.91 Å². The summed E-state index contributed by atoms with van der Waals surface area (Å²) in [5.74, 6) is 0.213. The number of nitrogens with zero attached hydrogens (tertiary/aromatic N) is 1. The van der Waals surface area contributed by atoms with Gasteiger partial charge in [-0.15, -0.1) is 0 Å². The van der Waals surface area contributed by atoms with E-state index in [0.717, 1.165) is 22.8 Å². The third kappa shape index (κ3) is 3.23. The first-order valence-corrected chi connectivity index (χ1v) is 7.20. The van der Waals surface area contributed by atoms with Crippen LogP contribution in [0.1, 0.15) is 15.9 Å². The molecule has 1 aromatic heterocycles. The standard InChI is InChI=1S/C18H16N2O3/c19-18(22)10-20-9-14(11-21)16-8-15(6-7-17(16)20)23-12-13-4-2-1-3-5-13/h1-9,11H,10,12H2,(H2,19,22). The number of amides is 1. The first-order valence-electron chi connectivity index (χ1n) is 7.20. The average Bonchev–Trinajstić information content (AvgIpc) is 2.90. The van der Waals surface area contributed by atoms with Crippen LogP contribution in [0.4, 0.5) is 0 Å². The molecule has 23 heavy (non-hydrogen) atoms. The van der Waals surface area contributed by atoms with Crippen molar-refractivity contribution in [3.63, 3.8) is 0 Å². The topological polar surface area (TPSA) is 74.3 Å². The van der Waals surface area contributed by atoms with Gasteiger partial charge in [-0.05, 0) is 23.8 Å². The molecule has 0 atom stereocenters. The fourth-order valence-electron chi connectivity index (χ4n) is 2.53. The highest BCUT2D eigenvalue weighted by atomic mass is 16.5. The molecule has 0 saturated carbocycles. The molecule has 0 spiro atoms. The molecule has 0 aliphatic rings. The number of primary amides is 1. The van der Waals surface area contributed by atoms with E-state index in [0.29, 0.717) is 17.9 Å². The summed E-state index contributed by atoms with van der Waals surface area (Å²) in [7, 11) is 0. The van der Waals surface area contributed by atoms with Gasteiger partial charge in [-0.3, -0.25) is 9.59 Å². The van der Waals surface area contributed by atoms with Crippen molar-refractivity contribution in [3.05, 3.63) is 65.9 Å². The zero-order chi connectivity index (χ0) is 16.2. The van der Waals surface area contributed by atoms with Gasteiger partial charge in [-0.2, -0.15) is 0 Å². The van der Waals surface area contributed by atoms with E-state index in [-0.39, 0.29) is 6.54 Å². The zero-order valence-corrected chi connectivity index (χ0v) is 12.4. The first-order chi connectivity index (χ1) is 11.2. The van der Waals surface area contributed by atoms with Crippen molar-refractivity contribution in [1.82, 2.24) is 4.57 Å². The number of benzene rings is 2. The van der Waals surface area contributed by atoms with Crippen LogP contribution in [-0.2, 0) is 17.9 Å². The van der Waals surface area contributed by atoms with Crippen LogP contribution in [0.3, 0.4) is 0 Å². The number of aldehydes is 1. The number of fused-ring (bicyclic) bond motifs is 1. The highest BCUT2D eigenvalue weighted by molar-refractivity contribution is 5.98. The van der Waals surface area contributed by atoms with Crippen molar-refractivity contribution in [2.75, 3.05) is 0 Å².